The Morgan fingerprint density at radius 2 is 2.06 bits per heavy atom. The van der Waals surface area contributed by atoms with Crippen LogP contribution in [0, 0.1) is 0 Å². The molecule has 2 aromatic heterocycles. The first-order valence-corrected chi connectivity index (χ1v) is 6.54. The number of para-hydroxylation sites is 1. The van der Waals surface area contributed by atoms with Crippen LogP contribution in [0.5, 0.6) is 0 Å². The number of aryl methyl sites for hydroxylation is 1. The zero-order chi connectivity index (χ0) is 12.7. The number of imidazole rings is 1. The molecule has 3 rings (SSSR count). The lowest BCUT2D eigenvalue weighted by molar-refractivity contribution is 0.718. The third-order valence-electron chi connectivity index (χ3n) is 3.18. The van der Waals surface area contributed by atoms with Crippen molar-refractivity contribution in [3.63, 3.8) is 0 Å². The van der Waals surface area contributed by atoms with E-state index in [2.05, 4.69) is 27.5 Å². The van der Waals surface area contributed by atoms with Crippen molar-refractivity contribution in [1.82, 2.24) is 14.5 Å². The van der Waals surface area contributed by atoms with Gasteiger partial charge in [-0.3, -0.25) is 4.98 Å². The maximum absolute atomic E-state index is 6.21. The van der Waals surface area contributed by atoms with Crippen molar-refractivity contribution >= 4 is 33.5 Å². The fraction of sp³-hybridized carbons (Fsp3) is 0.286. The molecule has 3 nitrogen and oxygen atoms in total. The minimum Gasteiger partial charge on any atom is -0.326 e. The van der Waals surface area contributed by atoms with Crippen LogP contribution in [0.2, 0.25) is 0 Å². The number of halogens is 1. The number of aromatic nitrogens is 3. The van der Waals surface area contributed by atoms with Crippen molar-refractivity contribution in [2.45, 2.75) is 25.8 Å². The molecule has 92 valence electrons. The molecule has 0 aliphatic carbocycles. The minimum absolute atomic E-state index is 0.101. The maximum Gasteiger partial charge on any atom is 0.127 e. The molecular weight excluding hydrogens is 246 g/mol. The van der Waals surface area contributed by atoms with Crippen molar-refractivity contribution in [2.24, 2.45) is 0 Å². The van der Waals surface area contributed by atoms with E-state index in [1.165, 1.54) is 0 Å². The number of benzene rings is 1. The largest absolute Gasteiger partial charge is 0.326 e. The zero-order valence-electron chi connectivity index (χ0n) is 10.4. The predicted molar refractivity (Wildman–Crippen MR) is 75.0 cm³/mol. The van der Waals surface area contributed by atoms with Gasteiger partial charge in [-0.05, 0) is 19.9 Å². The standard InChI is InChI=1S/C14H14ClN3/c1-3-18-13-10-6-4-5-7-11(10)16-8-12(13)17-14(18)9(2)15/h4-9H,3H2,1-2H3. The highest BCUT2D eigenvalue weighted by Gasteiger charge is 2.15. The van der Waals surface area contributed by atoms with Gasteiger partial charge in [0.1, 0.15) is 11.3 Å². The molecular formula is C14H14ClN3. The van der Waals surface area contributed by atoms with Crippen LogP contribution in [0.1, 0.15) is 25.0 Å². The van der Waals surface area contributed by atoms with Gasteiger partial charge < -0.3 is 4.57 Å². The van der Waals surface area contributed by atoms with Gasteiger partial charge in [0.15, 0.2) is 0 Å². The zero-order valence-corrected chi connectivity index (χ0v) is 11.1. The molecule has 0 N–H and O–H groups in total. The Kier molecular flexibility index (Phi) is 2.71. The summed E-state index contributed by atoms with van der Waals surface area (Å²) in [6.45, 7) is 4.92. The summed E-state index contributed by atoms with van der Waals surface area (Å²) in [6.07, 6.45) is 1.83. The number of alkyl halides is 1. The van der Waals surface area contributed by atoms with E-state index >= 15 is 0 Å². The first kappa shape index (κ1) is 11.5. The van der Waals surface area contributed by atoms with Gasteiger partial charge in [0, 0.05) is 11.9 Å². The molecule has 4 heteroatoms. The van der Waals surface area contributed by atoms with Crippen molar-refractivity contribution in [3.05, 3.63) is 36.3 Å². The molecule has 0 spiro atoms. The highest BCUT2D eigenvalue weighted by molar-refractivity contribution is 6.20. The van der Waals surface area contributed by atoms with Crippen molar-refractivity contribution < 1.29 is 0 Å². The van der Waals surface area contributed by atoms with Crippen LogP contribution in [-0.4, -0.2) is 14.5 Å². The molecule has 1 atom stereocenters. The Bertz CT molecular complexity index is 715. The summed E-state index contributed by atoms with van der Waals surface area (Å²) in [7, 11) is 0. The van der Waals surface area contributed by atoms with Crippen molar-refractivity contribution in [1.29, 1.82) is 0 Å². The molecule has 0 saturated heterocycles. The Balaban J connectivity index is 2.48. The summed E-state index contributed by atoms with van der Waals surface area (Å²) in [5, 5.41) is 1.03. The second-order valence-corrected chi connectivity index (χ2v) is 4.99. The fourth-order valence-electron chi connectivity index (χ4n) is 2.40. The van der Waals surface area contributed by atoms with Crippen LogP contribution < -0.4 is 0 Å². The predicted octanol–water partition coefficient (Wildman–Crippen LogP) is 3.90. The fourth-order valence-corrected chi connectivity index (χ4v) is 2.57. The number of nitrogens with zero attached hydrogens (tertiary/aromatic N) is 3. The number of pyridine rings is 1. The third-order valence-corrected chi connectivity index (χ3v) is 3.38. The lowest BCUT2D eigenvalue weighted by atomic mass is 10.2. The highest BCUT2D eigenvalue weighted by Crippen LogP contribution is 2.28. The number of fused-ring (bicyclic) bond motifs is 3. The van der Waals surface area contributed by atoms with E-state index in [1.807, 2.05) is 31.3 Å². The van der Waals surface area contributed by atoms with Crippen LogP contribution >= 0.6 is 11.6 Å². The Hall–Kier alpha value is -1.61. The molecule has 0 saturated carbocycles. The lowest BCUT2D eigenvalue weighted by Crippen LogP contribution is -2.02. The Morgan fingerprint density at radius 3 is 2.78 bits per heavy atom. The molecule has 0 amide bonds. The van der Waals surface area contributed by atoms with Crippen LogP contribution in [-0.2, 0) is 6.54 Å². The van der Waals surface area contributed by atoms with Crippen LogP contribution in [0.25, 0.3) is 21.9 Å². The SMILES string of the molecule is CCn1c(C(C)Cl)nc2cnc3ccccc3c21. The first-order chi connectivity index (χ1) is 8.72. The van der Waals surface area contributed by atoms with E-state index in [1.54, 1.807) is 0 Å². The molecule has 0 bridgehead atoms. The average molecular weight is 260 g/mol. The van der Waals surface area contributed by atoms with Crippen molar-refractivity contribution in [2.75, 3.05) is 0 Å². The molecule has 3 aromatic rings. The number of hydrogen-bond acceptors (Lipinski definition) is 2. The highest BCUT2D eigenvalue weighted by atomic mass is 35.5. The normalized spacial score (nSPS) is 13.3. The topological polar surface area (TPSA) is 30.7 Å². The van der Waals surface area contributed by atoms with E-state index in [0.717, 1.165) is 34.3 Å². The summed E-state index contributed by atoms with van der Waals surface area (Å²) in [5.74, 6) is 0.910. The van der Waals surface area contributed by atoms with Gasteiger partial charge >= 0.3 is 0 Å². The van der Waals surface area contributed by atoms with E-state index in [9.17, 15) is 0 Å². The van der Waals surface area contributed by atoms with Gasteiger partial charge in [0.2, 0.25) is 0 Å². The monoisotopic (exact) mass is 259 g/mol. The molecule has 0 radical (unpaired) electrons. The molecule has 1 unspecified atom stereocenters. The molecule has 0 fully saturated rings. The van der Waals surface area contributed by atoms with Gasteiger partial charge in [0.25, 0.3) is 0 Å². The Morgan fingerprint density at radius 1 is 1.28 bits per heavy atom. The summed E-state index contributed by atoms with van der Waals surface area (Å²) < 4.78 is 2.18. The van der Waals surface area contributed by atoms with Gasteiger partial charge in [-0.25, -0.2) is 4.98 Å². The van der Waals surface area contributed by atoms with Crippen LogP contribution in [0.4, 0.5) is 0 Å². The lowest BCUT2D eigenvalue weighted by Gasteiger charge is -2.08. The molecule has 1 aromatic carbocycles. The van der Waals surface area contributed by atoms with E-state index in [4.69, 9.17) is 11.6 Å². The summed E-state index contributed by atoms with van der Waals surface area (Å²) in [4.78, 5) is 9.04. The second kappa shape index (κ2) is 4.25. The van der Waals surface area contributed by atoms with Gasteiger partial charge in [-0.2, -0.15) is 0 Å². The average Bonchev–Trinajstić information content (AvgIpc) is 2.77. The minimum atomic E-state index is -0.101. The molecule has 2 heterocycles. The first-order valence-electron chi connectivity index (χ1n) is 6.10. The molecule has 18 heavy (non-hydrogen) atoms. The number of rotatable bonds is 2. The summed E-state index contributed by atoms with van der Waals surface area (Å²) in [6, 6.07) is 8.13. The van der Waals surface area contributed by atoms with Crippen molar-refractivity contribution in [3.8, 4) is 0 Å². The second-order valence-electron chi connectivity index (χ2n) is 4.34. The molecule has 0 aliphatic rings. The summed E-state index contributed by atoms with van der Waals surface area (Å²) in [5.41, 5.74) is 3.04. The van der Waals surface area contributed by atoms with Gasteiger partial charge in [-0.15, -0.1) is 11.6 Å². The number of hydrogen-bond donors (Lipinski definition) is 0. The third kappa shape index (κ3) is 1.58. The summed E-state index contributed by atoms with van der Waals surface area (Å²) >= 11 is 6.21. The van der Waals surface area contributed by atoms with Crippen LogP contribution in [0.15, 0.2) is 30.5 Å². The maximum atomic E-state index is 6.21. The quantitative estimate of drug-likeness (QED) is 0.654. The van der Waals surface area contributed by atoms with Gasteiger partial charge in [-0.1, -0.05) is 18.2 Å². The van der Waals surface area contributed by atoms with E-state index < -0.39 is 0 Å². The smallest absolute Gasteiger partial charge is 0.127 e. The van der Waals surface area contributed by atoms with Gasteiger partial charge in [0.05, 0.1) is 22.6 Å². The van der Waals surface area contributed by atoms with E-state index in [0.29, 0.717) is 0 Å². The van der Waals surface area contributed by atoms with E-state index in [-0.39, 0.29) is 5.38 Å². The van der Waals surface area contributed by atoms with Crippen LogP contribution in [0.3, 0.4) is 0 Å². The Labute approximate surface area is 110 Å². The molecule has 0 aliphatic heterocycles.